The summed E-state index contributed by atoms with van der Waals surface area (Å²) in [6.07, 6.45) is 0. The minimum Gasteiger partial charge on any atom is -0.329 e. The van der Waals surface area contributed by atoms with E-state index in [1.165, 1.54) is 7.05 Å². The largest absolute Gasteiger partial charge is 0.329 e. The summed E-state index contributed by atoms with van der Waals surface area (Å²) in [6, 6.07) is 0.940. The van der Waals surface area contributed by atoms with Crippen LogP contribution in [0.4, 0.5) is 8.78 Å². The molecule has 0 radical (unpaired) electrons. The van der Waals surface area contributed by atoms with Crippen LogP contribution in [-0.4, -0.2) is 32.4 Å². The van der Waals surface area contributed by atoms with Gasteiger partial charge in [-0.25, -0.2) is 17.2 Å². The van der Waals surface area contributed by atoms with Crippen LogP contribution in [-0.2, 0) is 10.0 Å². The molecule has 0 saturated heterocycles. The SMILES string of the molecule is CC(CN)N(C)S(=O)(=O)c1cc(Br)c(F)cc1F.Cl. The Morgan fingerprint density at radius 2 is 1.89 bits per heavy atom. The first kappa shape index (κ1) is 18.7. The number of nitrogens with two attached hydrogens (primary N) is 1. The standard InChI is InChI=1S/C10H13BrF2N2O2S.ClH/c1-6(5-14)15(2)18(16,17)10-3-7(11)8(12)4-9(10)13;/h3-4,6H,5,14H2,1-2H3;1H. The van der Waals surface area contributed by atoms with Crippen molar-refractivity contribution in [3.63, 3.8) is 0 Å². The molecule has 4 nitrogen and oxygen atoms in total. The number of hydrogen-bond acceptors (Lipinski definition) is 3. The maximum Gasteiger partial charge on any atom is 0.246 e. The maximum absolute atomic E-state index is 13.6. The van der Waals surface area contributed by atoms with Crippen molar-refractivity contribution >= 4 is 38.4 Å². The number of likely N-dealkylation sites (N-methyl/N-ethyl adjacent to an activating group) is 1. The topological polar surface area (TPSA) is 63.4 Å². The van der Waals surface area contributed by atoms with E-state index in [-0.39, 0.29) is 23.4 Å². The van der Waals surface area contributed by atoms with Gasteiger partial charge < -0.3 is 5.73 Å². The number of nitrogens with zero attached hydrogens (tertiary/aromatic N) is 1. The quantitative estimate of drug-likeness (QED) is 0.815. The van der Waals surface area contributed by atoms with E-state index in [9.17, 15) is 17.2 Å². The van der Waals surface area contributed by atoms with E-state index in [1.54, 1.807) is 6.92 Å². The molecule has 1 unspecified atom stereocenters. The van der Waals surface area contributed by atoms with Crippen LogP contribution in [0, 0.1) is 11.6 Å². The Bertz CT molecular complexity index is 557. The molecule has 2 N–H and O–H groups in total. The smallest absolute Gasteiger partial charge is 0.246 e. The highest BCUT2D eigenvalue weighted by atomic mass is 79.9. The van der Waals surface area contributed by atoms with Crippen LogP contribution < -0.4 is 5.73 Å². The van der Waals surface area contributed by atoms with E-state index in [4.69, 9.17) is 5.73 Å². The fraction of sp³-hybridized carbons (Fsp3) is 0.400. The third kappa shape index (κ3) is 3.85. The van der Waals surface area contributed by atoms with Gasteiger partial charge in [0.25, 0.3) is 0 Å². The van der Waals surface area contributed by atoms with Crippen molar-refractivity contribution in [3.8, 4) is 0 Å². The summed E-state index contributed by atoms with van der Waals surface area (Å²) in [6.45, 7) is 1.69. The monoisotopic (exact) mass is 378 g/mol. The number of hydrogen-bond donors (Lipinski definition) is 1. The second-order valence-electron chi connectivity index (χ2n) is 3.80. The van der Waals surface area contributed by atoms with E-state index >= 15 is 0 Å². The molecule has 110 valence electrons. The summed E-state index contributed by atoms with van der Waals surface area (Å²) in [5, 5.41) is 0. The predicted octanol–water partition coefficient (Wildman–Crippen LogP) is 2.12. The van der Waals surface area contributed by atoms with Crippen LogP contribution in [0.1, 0.15) is 6.92 Å². The van der Waals surface area contributed by atoms with Crippen LogP contribution in [0.25, 0.3) is 0 Å². The number of sulfonamides is 1. The zero-order chi connectivity index (χ0) is 14.1. The van der Waals surface area contributed by atoms with E-state index in [0.717, 1.165) is 10.4 Å². The zero-order valence-corrected chi connectivity index (χ0v) is 13.4. The predicted molar refractivity (Wildman–Crippen MR) is 74.8 cm³/mol. The minimum absolute atomic E-state index is 0. The molecule has 19 heavy (non-hydrogen) atoms. The maximum atomic E-state index is 13.6. The molecule has 9 heteroatoms. The summed E-state index contributed by atoms with van der Waals surface area (Å²) in [5.74, 6) is -1.99. The average molecular weight is 380 g/mol. The lowest BCUT2D eigenvalue weighted by Gasteiger charge is -2.23. The summed E-state index contributed by atoms with van der Waals surface area (Å²) < 4.78 is 51.7. The second kappa shape index (κ2) is 6.94. The highest BCUT2D eigenvalue weighted by Gasteiger charge is 2.28. The molecular formula is C10H14BrClF2N2O2S. The van der Waals surface area contributed by atoms with Gasteiger partial charge in [-0.3, -0.25) is 0 Å². The van der Waals surface area contributed by atoms with Crippen LogP contribution >= 0.6 is 28.3 Å². The molecule has 1 aromatic carbocycles. The van der Waals surface area contributed by atoms with Crippen molar-refractivity contribution in [2.75, 3.05) is 13.6 Å². The molecule has 1 aromatic rings. The van der Waals surface area contributed by atoms with Crippen LogP contribution in [0.15, 0.2) is 21.5 Å². The Labute approximate surface area is 125 Å². The zero-order valence-electron chi connectivity index (χ0n) is 10.2. The van der Waals surface area contributed by atoms with Gasteiger partial charge in [0.2, 0.25) is 10.0 Å². The molecule has 0 spiro atoms. The van der Waals surface area contributed by atoms with Crippen molar-refractivity contribution in [1.29, 1.82) is 0 Å². The highest BCUT2D eigenvalue weighted by molar-refractivity contribution is 9.10. The van der Waals surface area contributed by atoms with E-state index in [2.05, 4.69) is 15.9 Å². The van der Waals surface area contributed by atoms with Crippen LogP contribution in [0.2, 0.25) is 0 Å². The van der Waals surface area contributed by atoms with Crippen LogP contribution in [0.3, 0.4) is 0 Å². The molecule has 1 atom stereocenters. The number of benzene rings is 1. The van der Waals surface area contributed by atoms with Crippen molar-refractivity contribution in [2.24, 2.45) is 5.73 Å². The van der Waals surface area contributed by atoms with E-state index in [1.807, 2.05) is 0 Å². The molecule has 0 aliphatic rings. The summed E-state index contributed by atoms with van der Waals surface area (Å²) in [7, 11) is -2.74. The lowest BCUT2D eigenvalue weighted by molar-refractivity contribution is 0.391. The normalized spacial score (nSPS) is 13.2. The first-order valence-electron chi connectivity index (χ1n) is 5.04. The van der Waals surface area contributed by atoms with E-state index < -0.39 is 32.6 Å². The third-order valence-electron chi connectivity index (χ3n) is 2.59. The summed E-state index contributed by atoms with van der Waals surface area (Å²) in [5.41, 5.74) is 5.37. The highest BCUT2D eigenvalue weighted by Crippen LogP contribution is 2.26. The molecule has 0 fully saturated rings. The number of rotatable bonds is 4. The fourth-order valence-electron chi connectivity index (χ4n) is 1.24. The molecule has 0 aromatic heterocycles. The Morgan fingerprint density at radius 3 is 2.37 bits per heavy atom. The Hall–Kier alpha value is -0.280. The van der Waals surface area contributed by atoms with Gasteiger partial charge >= 0.3 is 0 Å². The van der Waals surface area contributed by atoms with Gasteiger partial charge in [-0.2, -0.15) is 4.31 Å². The second-order valence-corrected chi connectivity index (χ2v) is 6.62. The van der Waals surface area contributed by atoms with Gasteiger partial charge in [-0.15, -0.1) is 12.4 Å². The minimum atomic E-state index is -4.04. The lowest BCUT2D eigenvalue weighted by atomic mass is 10.3. The summed E-state index contributed by atoms with van der Waals surface area (Å²) >= 11 is 2.83. The Kier molecular flexibility index (Phi) is 6.84. The lowest BCUT2D eigenvalue weighted by Crippen LogP contribution is -2.40. The van der Waals surface area contributed by atoms with Crippen molar-refractivity contribution in [1.82, 2.24) is 4.31 Å². The van der Waals surface area contributed by atoms with Gasteiger partial charge in [-0.05, 0) is 28.9 Å². The first-order valence-corrected chi connectivity index (χ1v) is 7.27. The van der Waals surface area contributed by atoms with Gasteiger partial charge in [-0.1, -0.05) is 0 Å². The van der Waals surface area contributed by atoms with Gasteiger partial charge in [0.1, 0.15) is 16.5 Å². The van der Waals surface area contributed by atoms with Gasteiger partial charge in [0, 0.05) is 25.7 Å². The summed E-state index contributed by atoms with van der Waals surface area (Å²) in [4.78, 5) is -0.585. The molecule has 0 saturated carbocycles. The number of halogens is 4. The average Bonchev–Trinajstić information content (AvgIpc) is 2.31. The van der Waals surface area contributed by atoms with Gasteiger partial charge in [0.15, 0.2) is 0 Å². The molecule has 1 rings (SSSR count). The molecule has 0 aliphatic carbocycles. The Morgan fingerprint density at radius 1 is 1.37 bits per heavy atom. The molecule has 0 bridgehead atoms. The van der Waals surface area contributed by atoms with Crippen molar-refractivity contribution < 1.29 is 17.2 Å². The van der Waals surface area contributed by atoms with E-state index in [0.29, 0.717) is 6.07 Å². The van der Waals surface area contributed by atoms with Crippen LogP contribution in [0.5, 0.6) is 0 Å². The molecular weight excluding hydrogens is 366 g/mol. The molecule has 0 amide bonds. The van der Waals surface area contributed by atoms with Crippen molar-refractivity contribution in [2.45, 2.75) is 17.9 Å². The van der Waals surface area contributed by atoms with Crippen molar-refractivity contribution in [3.05, 3.63) is 28.2 Å². The first-order chi connectivity index (χ1) is 8.21. The molecule has 0 aliphatic heterocycles. The van der Waals surface area contributed by atoms with Gasteiger partial charge in [0.05, 0.1) is 4.47 Å². The Balaban J connectivity index is 0.00000324. The third-order valence-corrected chi connectivity index (χ3v) is 5.19. The molecule has 0 heterocycles. The fourth-order valence-corrected chi connectivity index (χ4v) is 3.18.